The summed E-state index contributed by atoms with van der Waals surface area (Å²) in [4.78, 5) is 8.09. The molecular weight excluding hydrogens is 419 g/mol. The molecule has 6 heteroatoms. The number of aliphatic imine (C=N–C) groups is 1. The average molecular weight is 452 g/mol. The lowest BCUT2D eigenvalue weighted by Crippen LogP contribution is -2.39. The summed E-state index contributed by atoms with van der Waals surface area (Å²) in [6, 6.07) is 4.93. The number of halogens is 1. The predicted molar refractivity (Wildman–Crippen MR) is 115 cm³/mol. The number of hydrogen-bond acceptors (Lipinski definition) is 3. The van der Waals surface area contributed by atoms with Crippen LogP contribution >= 0.6 is 35.3 Å². The van der Waals surface area contributed by atoms with Crippen LogP contribution < -0.4 is 10.6 Å². The summed E-state index contributed by atoms with van der Waals surface area (Å²) in [6.07, 6.45) is 2.38. The van der Waals surface area contributed by atoms with Gasteiger partial charge in [-0.2, -0.15) is 0 Å². The molecule has 1 aromatic heterocycles. The third-order valence-electron chi connectivity index (χ3n) is 3.94. The summed E-state index contributed by atoms with van der Waals surface area (Å²) < 4.78 is 0. The van der Waals surface area contributed by atoms with Crippen LogP contribution in [0.25, 0.3) is 0 Å². The largest absolute Gasteiger partial charge is 0.356 e. The highest BCUT2D eigenvalue weighted by Crippen LogP contribution is 2.19. The molecule has 0 bridgehead atoms. The van der Waals surface area contributed by atoms with Gasteiger partial charge < -0.3 is 15.5 Å². The molecule has 1 unspecified atom stereocenters. The number of thiophene rings is 1. The van der Waals surface area contributed by atoms with E-state index in [-0.39, 0.29) is 24.0 Å². The average Bonchev–Trinajstić information content (AvgIpc) is 3.03. The molecule has 0 radical (unpaired) electrons. The van der Waals surface area contributed by atoms with E-state index in [1.165, 1.54) is 11.3 Å². The maximum Gasteiger partial charge on any atom is 0.190 e. The maximum atomic E-state index is 4.29. The Bertz CT molecular complexity index is 420. The van der Waals surface area contributed by atoms with Crippen molar-refractivity contribution in [1.29, 1.82) is 0 Å². The molecule has 0 aliphatic carbocycles. The first-order chi connectivity index (χ1) is 10.5. The van der Waals surface area contributed by atoms with Gasteiger partial charge in [-0.05, 0) is 51.7 Å². The molecule has 0 fully saturated rings. The molecule has 0 spiro atoms. The van der Waals surface area contributed by atoms with Gasteiger partial charge in [-0.1, -0.05) is 13.0 Å². The molecule has 0 aromatic carbocycles. The fourth-order valence-electron chi connectivity index (χ4n) is 2.09. The first-order valence-electron chi connectivity index (χ1n) is 8.22. The van der Waals surface area contributed by atoms with Gasteiger partial charge in [-0.15, -0.1) is 35.3 Å². The Labute approximate surface area is 163 Å². The molecule has 1 atom stereocenters. The zero-order valence-electron chi connectivity index (χ0n) is 15.1. The number of nitrogens with zero attached hydrogens (tertiary/aromatic N) is 2. The van der Waals surface area contributed by atoms with E-state index in [0.717, 1.165) is 32.0 Å². The summed E-state index contributed by atoms with van der Waals surface area (Å²) in [6.45, 7) is 9.75. The number of guanidine groups is 1. The Hall–Kier alpha value is -0.340. The Morgan fingerprint density at radius 3 is 2.57 bits per heavy atom. The molecule has 4 nitrogen and oxygen atoms in total. The summed E-state index contributed by atoms with van der Waals surface area (Å²) in [5, 5.41) is 8.94. The first-order valence-corrected chi connectivity index (χ1v) is 9.10. The van der Waals surface area contributed by atoms with Crippen LogP contribution in [-0.2, 0) is 0 Å². The summed E-state index contributed by atoms with van der Waals surface area (Å²) in [5.74, 6) is 1.42. The van der Waals surface area contributed by atoms with Gasteiger partial charge in [0.1, 0.15) is 0 Å². The van der Waals surface area contributed by atoms with Crippen molar-refractivity contribution in [2.45, 2.75) is 45.6 Å². The minimum absolute atomic E-state index is 0. The van der Waals surface area contributed by atoms with E-state index in [1.807, 2.05) is 18.4 Å². The van der Waals surface area contributed by atoms with Crippen molar-refractivity contribution in [1.82, 2.24) is 15.5 Å². The van der Waals surface area contributed by atoms with Crippen molar-refractivity contribution in [3.8, 4) is 0 Å². The van der Waals surface area contributed by atoms with Crippen LogP contribution in [0.4, 0.5) is 0 Å². The molecular formula is C17H33IN4S. The maximum absolute atomic E-state index is 4.29. The van der Waals surface area contributed by atoms with Gasteiger partial charge in [0.25, 0.3) is 0 Å². The van der Waals surface area contributed by atoms with Gasteiger partial charge in [0, 0.05) is 37.0 Å². The third kappa shape index (κ3) is 9.52. The number of rotatable bonds is 9. The van der Waals surface area contributed by atoms with Crippen LogP contribution in [0.15, 0.2) is 22.5 Å². The number of unbranched alkanes of at least 4 members (excludes halogenated alkanes) is 1. The zero-order chi connectivity index (χ0) is 16.4. The molecule has 1 aromatic rings. The topological polar surface area (TPSA) is 39.7 Å². The highest BCUT2D eigenvalue weighted by atomic mass is 127. The normalized spacial score (nSPS) is 13.1. The Kier molecular flexibility index (Phi) is 12.8. The van der Waals surface area contributed by atoms with Crippen LogP contribution in [0, 0.1) is 0 Å². The second kappa shape index (κ2) is 13.0. The molecule has 0 aliphatic heterocycles. The van der Waals surface area contributed by atoms with Crippen molar-refractivity contribution in [3.05, 3.63) is 22.4 Å². The molecule has 1 rings (SSSR count). The van der Waals surface area contributed by atoms with E-state index in [4.69, 9.17) is 0 Å². The summed E-state index contributed by atoms with van der Waals surface area (Å²) in [7, 11) is 4.02. The van der Waals surface area contributed by atoms with Crippen molar-refractivity contribution in [3.63, 3.8) is 0 Å². The lowest BCUT2D eigenvalue weighted by molar-refractivity contribution is 0.268. The third-order valence-corrected chi connectivity index (χ3v) is 5.04. The van der Waals surface area contributed by atoms with Gasteiger partial charge in [0.15, 0.2) is 5.96 Å². The fraction of sp³-hybridized carbons (Fsp3) is 0.706. The lowest BCUT2D eigenvalue weighted by atomic mass is 10.1. The Morgan fingerprint density at radius 2 is 2.00 bits per heavy atom. The van der Waals surface area contributed by atoms with Gasteiger partial charge >= 0.3 is 0 Å². The van der Waals surface area contributed by atoms with Crippen molar-refractivity contribution >= 4 is 41.3 Å². The van der Waals surface area contributed by atoms with Crippen molar-refractivity contribution in [2.75, 3.05) is 33.7 Å². The first kappa shape index (κ1) is 22.7. The highest BCUT2D eigenvalue weighted by Gasteiger charge is 2.07. The number of nitrogens with one attached hydrogen (secondary N) is 2. The highest BCUT2D eigenvalue weighted by molar-refractivity contribution is 14.0. The van der Waals surface area contributed by atoms with Gasteiger partial charge in [-0.3, -0.25) is 4.99 Å². The second-order valence-corrected chi connectivity index (χ2v) is 7.06. The van der Waals surface area contributed by atoms with Crippen LogP contribution in [0.3, 0.4) is 0 Å². The molecule has 0 aliphatic rings. The monoisotopic (exact) mass is 452 g/mol. The van der Waals surface area contributed by atoms with Crippen molar-refractivity contribution in [2.24, 2.45) is 4.99 Å². The van der Waals surface area contributed by atoms with E-state index in [0.29, 0.717) is 12.0 Å². The van der Waals surface area contributed by atoms with Crippen LogP contribution in [0.1, 0.15) is 44.4 Å². The molecule has 0 amide bonds. The fourth-order valence-corrected chi connectivity index (χ4v) is 2.88. The molecule has 2 N–H and O–H groups in total. The van der Waals surface area contributed by atoms with E-state index in [1.54, 1.807) is 0 Å². The molecule has 23 heavy (non-hydrogen) atoms. The van der Waals surface area contributed by atoms with Gasteiger partial charge in [0.05, 0.1) is 0 Å². The van der Waals surface area contributed by atoms with E-state index < -0.39 is 0 Å². The quantitative estimate of drug-likeness (QED) is 0.260. The molecule has 0 saturated carbocycles. The van der Waals surface area contributed by atoms with E-state index in [2.05, 4.69) is 65.9 Å². The molecule has 0 saturated heterocycles. The minimum atomic E-state index is 0. The number of hydrogen-bond donors (Lipinski definition) is 2. The SMILES string of the molecule is CN=C(NCCCCN(C)C(C)C)NCC(C)c1cccs1.I. The Balaban J connectivity index is 0.00000484. The van der Waals surface area contributed by atoms with Crippen LogP contribution in [-0.4, -0.2) is 50.6 Å². The predicted octanol–water partition coefficient (Wildman–Crippen LogP) is 3.76. The van der Waals surface area contributed by atoms with Gasteiger partial charge in [0.2, 0.25) is 0 Å². The van der Waals surface area contributed by atoms with Crippen molar-refractivity contribution < 1.29 is 0 Å². The minimum Gasteiger partial charge on any atom is -0.356 e. The summed E-state index contributed by atoms with van der Waals surface area (Å²) >= 11 is 1.81. The standard InChI is InChI=1S/C17H32N4S.HI/c1-14(2)21(5)11-7-6-10-19-17(18-4)20-13-15(3)16-9-8-12-22-16;/h8-9,12,14-15H,6-7,10-11,13H2,1-5H3,(H2,18,19,20);1H. The van der Waals surface area contributed by atoms with Crippen LogP contribution in [0.5, 0.6) is 0 Å². The smallest absolute Gasteiger partial charge is 0.190 e. The lowest BCUT2D eigenvalue weighted by Gasteiger charge is -2.21. The molecule has 1 heterocycles. The van der Waals surface area contributed by atoms with Crippen LogP contribution in [0.2, 0.25) is 0 Å². The van der Waals surface area contributed by atoms with E-state index >= 15 is 0 Å². The molecule has 134 valence electrons. The van der Waals surface area contributed by atoms with E-state index in [9.17, 15) is 0 Å². The Morgan fingerprint density at radius 1 is 1.26 bits per heavy atom. The second-order valence-electron chi connectivity index (χ2n) is 6.08. The summed E-state index contributed by atoms with van der Waals surface area (Å²) in [5.41, 5.74) is 0. The van der Waals surface area contributed by atoms with Gasteiger partial charge in [-0.25, -0.2) is 0 Å². The zero-order valence-corrected chi connectivity index (χ0v) is 18.3.